The van der Waals surface area contributed by atoms with E-state index in [9.17, 15) is 0 Å². The maximum atomic E-state index is 5.99. The first kappa shape index (κ1) is 13.9. The molecule has 0 aromatic heterocycles. The molecule has 2 N–H and O–H groups in total. The van der Waals surface area contributed by atoms with E-state index < -0.39 is 0 Å². The topological polar surface area (TPSA) is 38.5 Å². The van der Waals surface area contributed by atoms with E-state index in [0.29, 0.717) is 0 Å². The molecule has 0 spiro atoms. The van der Waals surface area contributed by atoms with Gasteiger partial charge in [-0.15, -0.1) is 0 Å². The molecule has 0 aromatic rings. The van der Waals surface area contributed by atoms with E-state index in [4.69, 9.17) is 10.5 Å². The van der Waals surface area contributed by atoms with Gasteiger partial charge < -0.3 is 10.5 Å². The van der Waals surface area contributed by atoms with E-state index in [1.807, 2.05) is 0 Å². The number of nitrogens with two attached hydrogens (primary N) is 1. The molecule has 1 unspecified atom stereocenters. The van der Waals surface area contributed by atoms with Crippen molar-refractivity contribution in [3.8, 4) is 0 Å². The fraction of sp³-hybridized carbons (Fsp3) is 1.00. The fourth-order valence-electron chi connectivity index (χ4n) is 2.27. The number of nitrogens with zero attached hydrogens (tertiary/aromatic N) is 1. The molecule has 0 aliphatic carbocycles. The largest absolute Gasteiger partial charge is 0.380 e. The molecule has 0 bridgehead atoms. The first-order valence-electron chi connectivity index (χ1n) is 6.61. The average molecular weight is 228 g/mol. The van der Waals surface area contributed by atoms with Crippen LogP contribution in [0.3, 0.4) is 0 Å². The van der Waals surface area contributed by atoms with E-state index >= 15 is 0 Å². The molecule has 1 aliphatic rings. The quantitative estimate of drug-likeness (QED) is 0.780. The molecule has 0 amide bonds. The average Bonchev–Trinajstić information content (AvgIpc) is 2.54. The molecule has 1 rings (SSSR count). The molecule has 0 saturated carbocycles. The number of ether oxygens (including phenoxy) is 1. The molecule has 1 aliphatic heterocycles. The van der Waals surface area contributed by atoms with Crippen molar-refractivity contribution in [3.63, 3.8) is 0 Å². The first-order valence-corrected chi connectivity index (χ1v) is 6.61. The smallest absolute Gasteiger partial charge is 0.0593 e. The van der Waals surface area contributed by atoms with Gasteiger partial charge in [0.15, 0.2) is 0 Å². The van der Waals surface area contributed by atoms with Crippen molar-refractivity contribution in [2.24, 2.45) is 11.7 Å². The summed E-state index contributed by atoms with van der Waals surface area (Å²) in [6.45, 7) is 11.5. The van der Waals surface area contributed by atoms with Crippen LogP contribution in [0.25, 0.3) is 0 Å². The van der Waals surface area contributed by atoms with Gasteiger partial charge in [0.2, 0.25) is 0 Å². The fourth-order valence-corrected chi connectivity index (χ4v) is 2.27. The Kier molecular flexibility index (Phi) is 5.73. The van der Waals surface area contributed by atoms with Crippen molar-refractivity contribution in [1.82, 2.24) is 4.90 Å². The molecule has 3 heteroatoms. The van der Waals surface area contributed by atoms with Crippen LogP contribution in [-0.2, 0) is 4.74 Å². The third-order valence-electron chi connectivity index (χ3n) is 3.69. The van der Waals surface area contributed by atoms with E-state index in [-0.39, 0.29) is 5.54 Å². The second-order valence-electron chi connectivity index (χ2n) is 5.59. The zero-order chi connectivity index (χ0) is 12.0. The van der Waals surface area contributed by atoms with Crippen molar-refractivity contribution in [1.29, 1.82) is 0 Å². The van der Waals surface area contributed by atoms with E-state index in [0.717, 1.165) is 45.2 Å². The summed E-state index contributed by atoms with van der Waals surface area (Å²) in [6, 6.07) is 0. The number of hydrogen-bond acceptors (Lipinski definition) is 3. The van der Waals surface area contributed by atoms with Crippen LogP contribution in [-0.4, -0.2) is 43.3 Å². The van der Waals surface area contributed by atoms with Crippen molar-refractivity contribution in [2.45, 2.75) is 45.6 Å². The molecule has 1 heterocycles. The zero-order valence-corrected chi connectivity index (χ0v) is 11.2. The minimum atomic E-state index is 0.165. The summed E-state index contributed by atoms with van der Waals surface area (Å²) in [7, 11) is 0. The van der Waals surface area contributed by atoms with Gasteiger partial charge in [-0.25, -0.2) is 0 Å². The Morgan fingerprint density at radius 1 is 1.31 bits per heavy atom. The Hall–Kier alpha value is -0.120. The maximum Gasteiger partial charge on any atom is 0.0593 e. The van der Waals surface area contributed by atoms with Crippen LogP contribution in [0.5, 0.6) is 0 Å². The summed E-state index contributed by atoms with van der Waals surface area (Å²) in [6.07, 6.45) is 3.59. The minimum Gasteiger partial charge on any atom is -0.380 e. The minimum absolute atomic E-state index is 0.165. The molecule has 3 nitrogen and oxygen atoms in total. The van der Waals surface area contributed by atoms with Gasteiger partial charge in [0.1, 0.15) is 0 Å². The van der Waals surface area contributed by atoms with Gasteiger partial charge in [-0.1, -0.05) is 13.8 Å². The van der Waals surface area contributed by atoms with Crippen LogP contribution in [0.4, 0.5) is 0 Å². The van der Waals surface area contributed by atoms with E-state index in [2.05, 4.69) is 25.7 Å². The Labute approximate surface area is 100 Å². The van der Waals surface area contributed by atoms with E-state index in [1.165, 1.54) is 12.8 Å². The Morgan fingerprint density at radius 3 is 2.69 bits per heavy atom. The molecular formula is C13H28N2O. The summed E-state index contributed by atoms with van der Waals surface area (Å²) >= 11 is 0. The van der Waals surface area contributed by atoms with Crippen LogP contribution in [0.2, 0.25) is 0 Å². The van der Waals surface area contributed by atoms with Crippen molar-refractivity contribution < 1.29 is 4.74 Å². The molecule has 96 valence electrons. The van der Waals surface area contributed by atoms with Crippen molar-refractivity contribution >= 4 is 0 Å². The third kappa shape index (κ3) is 4.04. The zero-order valence-electron chi connectivity index (χ0n) is 11.2. The predicted molar refractivity (Wildman–Crippen MR) is 68.5 cm³/mol. The van der Waals surface area contributed by atoms with E-state index in [1.54, 1.807) is 0 Å². The molecule has 0 radical (unpaired) electrons. The molecule has 0 aromatic carbocycles. The lowest BCUT2D eigenvalue weighted by molar-refractivity contribution is 0.0839. The lowest BCUT2D eigenvalue weighted by Crippen LogP contribution is -2.52. The van der Waals surface area contributed by atoms with Gasteiger partial charge >= 0.3 is 0 Å². The highest BCUT2D eigenvalue weighted by molar-refractivity contribution is 4.88. The van der Waals surface area contributed by atoms with Gasteiger partial charge in [-0.3, -0.25) is 4.90 Å². The summed E-state index contributed by atoms with van der Waals surface area (Å²) in [4.78, 5) is 2.53. The highest BCUT2D eigenvalue weighted by atomic mass is 16.5. The summed E-state index contributed by atoms with van der Waals surface area (Å²) in [5.41, 5.74) is 6.16. The lowest BCUT2D eigenvalue weighted by Gasteiger charge is -2.40. The monoisotopic (exact) mass is 228 g/mol. The highest BCUT2D eigenvalue weighted by Gasteiger charge is 2.30. The normalized spacial score (nSPS) is 23.1. The number of rotatable bonds is 5. The van der Waals surface area contributed by atoms with Crippen molar-refractivity contribution in [2.75, 3.05) is 32.8 Å². The summed E-state index contributed by atoms with van der Waals surface area (Å²) in [5, 5.41) is 0. The van der Waals surface area contributed by atoms with Gasteiger partial charge in [0.05, 0.1) is 6.61 Å². The molecule has 16 heavy (non-hydrogen) atoms. The standard InChI is InChI=1S/C13H28N2O/c1-12(2)5-6-13(3,11-14)15-7-4-9-16-10-8-15/h12H,4-11,14H2,1-3H3. The lowest BCUT2D eigenvalue weighted by atomic mass is 9.90. The Morgan fingerprint density at radius 2 is 2.06 bits per heavy atom. The molecule has 1 fully saturated rings. The predicted octanol–water partition coefficient (Wildman–Crippen LogP) is 1.86. The number of hydrogen-bond donors (Lipinski definition) is 1. The van der Waals surface area contributed by atoms with Gasteiger partial charge in [-0.05, 0) is 32.1 Å². The Bertz CT molecular complexity index is 188. The summed E-state index contributed by atoms with van der Waals surface area (Å²) in [5.74, 6) is 0.758. The van der Waals surface area contributed by atoms with Crippen LogP contribution in [0.1, 0.15) is 40.0 Å². The Balaban J connectivity index is 2.54. The van der Waals surface area contributed by atoms with Crippen LogP contribution in [0, 0.1) is 5.92 Å². The maximum absolute atomic E-state index is 5.99. The second kappa shape index (κ2) is 6.58. The summed E-state index contributed by atoms with van der Waals surface area (Å²) < 4.78 is 5.51. The molecular weight excluding hydrogens is 200 g/mol. The SMILES string of the molecule is CC(C)CCC(C)(CN)N1CCCOCC1. The second-order valence-corrected chi connectivity index (χ2v) is 5.59. The van der Waals surface area contributed by atoms with Crippen LogP contribution in [0.15, 0.2) is 0 Å². The van der Waals surface area contributed by atoms with Crippen LogP contribution < -0.4 is 5.73 Å². The molecule has 1 atom stereocenters. The highest BCUT2D eigenvalue weighted by Crippen LogP contribution is 2.23. The van der Waals surface area contributed by atoms with Crippen molar-refractivity contribution in [3.05, 3.63) is 0 Å². The van der Waals surface area contributed by atoms with Gasteiger partial charge in [-0.2, -0.15) is 0 Å². The van der Waals surface area contributed by atoms with Gasteiger partial charge in [0, 0.05) is 31.8 Å². The van der Waals surface area contributed by atoms with Crippen LogP contribution >= 0.6 is 0 Å². The first-order chi connectivity index (χ1) is 7.58. The third-order valence-corrected chi connectivity index (χ3v) is 3.69. The van der Waals surface area contributed by atoms with Gasteiger partial charge in [0.25, 0.3) is 0 Å². The molecule has 1 saturated heterocycles.